The summed E-state index contributed by atoms with van der Waals surface area (Å²) in [5.41, 5.74) is 1.93. The van der Waals surface area contributed by atoms with Crippen LogP contribution in [0.2, 0.25) is 0 Å². The van der Waals surface area contributed by atoms with E-state index in [2.05, 4.69) is 5.32 Å². The number of rotatable bonds is 7. The Morgan fingerprint density at radius 1 is 0.933 bits per heavy atom. The summed E-state index contributed by atoms with van der Waals surface area (Å²) in [6.07, 6.45) is 0. The van der Waals surface area contributed by atoms with Crippen molar-refractivity contribution in [3.63, 3.8) is 0 Å². The molecule has 3 aromatic carbocycles. The fraction of sp³-hybridized carbons (Fsp3) is 0.174. The third-order valence-electron chi connectivity index (χ3n) is 4.23. The van der Waals surface area contributed by atoms with Gasteiger partial charge in [-0.1, -0.05) is 36.4 Å². The van der Waals surface area contributed by atoms with Gasteiger partial charge in [0.2, 0.25) is 5.91 Å². The van der Waals surface area contributed by atoms with Gasteiger partial charge in [0.1, 0.15) is 11.3 Å². The van der Waals surface area contributed by atoms with Crippen molar-refractivity contribution in [2.75, 3.05) is 23.9 Å². The van der Waals surface area contributed by atoms with Gasteiger partial charge in [0.05, 0.1) is 18.6 Å². The second kappa shape index (κ2) is 9.93. The predicted octanol–water partition coefficient (Wildman–Crippen LogP) is 4.21. The van der Waals surface area contributed by atoms with Crippen LogP contribution in [0.25, 0.3) is 10.8 Å². The van der Waals surface area contributed by atoms with Crippen molar-refractivity contribution in [1.82, 2.24) is 0 Å². The second-order valence-corrected chi connectivity index (χ2v) is 7.56. The van der Waals surface area contributed by atoms with Crippen LogP contribution in [0.15, 0.2) is 60.7 Å². The number of hydrogen-bond donors (Lipinski definition) is 1. The van der Waals surface area contributed by atoms with Gasteiger partial charge in [0.15, 0.2) is 0 Å². The molecule has 7 heteroatoms. The number of nitrogens with one attached hydrogen (secondary N) is 1. The van der Waals surface area contributed by atoms with E-state index in [1.807, 2.05) is 49.4 Å². The van der Waals surface area contributed by atoms with Crippen LogP contribution < -0.4 is 10.1 Å². The van der Waals surface area contributed by atoms with E-state index >= 15 is 0 Å². The van der Waals surface area contributed by atoms with Gasteiger partial charge in [-0.05, 0) is 47.5 Å². The molecular weight excluding hydrogens is 402 g/mol. The van der Waals surface area contributed by atoms with E-state index in [1.165, 1.54) is 7.11 Å². The molecule has 0 radical (unpaired) electrons. The Bertz CT molecular complexity index is 1100. The number of carbonyl (C=O) groups is 3. The standard InChI is InChI=1S/C23H21NO5S/c1-15-6-5-9-18(10-15)24-21(25)13-30-14-22(26)29-20-12-17-8-4-3-7-16(17)11-19(20)23(27)28-2/h3-12H,13-14H2,1-2H3,(H,24,25). The number of benzene rings is 3. The lowest BCUT2D eigenvalue weighted by atomic mass is 10.1. The van der Waals surface area contributed by atoms with Crippen molar-refractivity contribution in [1.29, 1.82) is 0 Å². The molecule has 3 rings (SSSR count). The molecular formula is C23H21NO5S. The van der Waals surface area contributed by atoms with Crippen molar-refractivity contribution in [3.8, 4) is 5.75 Å². The van der Waals surface area contributed by atoms with E-state index in [9.17, 15) is 14.4 Å². The molecule has 0 saturated heterocycles. The molecule has 30 heavy (non-hydrogen) atoms. The van der Waals surface area contributed by atoms with Crippen LogP contribution in [0.3, 0.4) is 0 Å². The maximum Gasteiger partial charge on any atom is 0.341 e. The monoisotopic (exact) mass is 423 g/mol. The molecule has 0 unspecified atom stereocenters. The van der Waals surface area contributed by atoms with Gasteiger partial charge in [-0.2, -0.15) is 0 Å². The van der Waals surface area contributed by atoms with Gasteiger partial charge in [0.25, 0.3) is 0 Å². The maximum atomic E-state index is 12.3. The zero-order valence-electron chi connectivity index (χ0n) is 16.6. The smallest absolute Gasteiger partial charge is 0.341 e. The fourth-order valence-electron chi connectivity index (χ4n) is 2.87. The van der Waals surface area contributed by atoms with Crippen molar-refractivity contribution in [3.05, 3.63) is 71.8 Å². The average molecular weight is 423 g/mol. The third-order valence-corrected chi connectivity index (χ3v) is 5.14. The van der Waals surface area contributed by atoms with Crippen LogP contribution in [0, 0.1) is 6.92 Å². The highest BCUT2D eigenvalue weighted by Gasteiger charge is 2.17. The summed E-state index contributed by atoms with van der Waals surface area (Å²) in [6.45, 7) is 1.94. The van der Waals surface area contributed by atoms with E-state index in [4.69, 9.17) is 9.47 Å². The normalized spacial score (nSPS) is 10.5. The van der Waals surface area contributed by atoms with Crippen LogP contribution >= 0.6 is 11.8 Å². The molecule has 1 N–H and O–H groups in total. The zero-order valence-corrected chi connectivity index (χ0v) is 17.5. The first-order valence-corrected chi connectivity index (χ1v) is 10.4. The number of thioether (sulfide) groups is 1. The number of hydrogen-bond acceptors (Lipinski definition) is 6. The minimum Gasteiger partial charge on any atom is -0.465 e. The zero-order chi connectivity index (χ0) is 21.5. The lowest BCUT2D eigenvalue weighted by Crippen LogP contribution is -2.18. The summed E-state index contributed by atoms with van der Waals surface area (Å²) in [5, 5.41) is 4.45. The van der Waals surface area contributed by atoms with Crippen molar-refractivity contribution in [2.24, 2.45) is 0 Å². The number of carbonyl (C=O) groups excluding carboxylic acids is 3. The molecule has 0 atom stereocenters. The summed E-state index contributed by atoms with van der Waals surface area (Å²) in [7, 11) is 1.27. The van der Waals surface area contributed by atoms with E-state index in [1.54, 1.807) is 18.2 Å². The molecule has 0 saturated carbocycles. The molecule has 0 bridgehead atoms. The Morgan fingerprint density at radius 2 is 1.67 bits per heavy atom. The Hall–Kier alpha value is -3.32. The summed E-state index contributed by atoms with van der Waals surface area (Å²) >= 11 is 1.13. The number of aryl methyl sites for hydroxylation is 1. The molecule has 0 spiro atoms. The Morgan fingerprint density at radius 3 is 2.37 bits per heavy atom. The van der Waals surface area contributed by atoms with Gasteiger partial charge in [0, 0.05) is 5.69 Å². The third kappa shape index (κ3) is 5.61. The Labute approximate surface area is 178 Å². The van der Waals surface area contributed by atoms with Gasteiger partial charge in [-0.3, -0.25) is 9.59 Å². The van der Waals surface area contributed by atoms with Gasteiger partial charge in [-0.15, -0.1) is 11.8 Å². The van der Waals surface area contributed by atoms with Crippen molar-refractivity contribution < 1.29 is 23.9 Å². The maximum absolute atomic E-state index is 12.3. The number of amides is 1. The Kier molecular flexibility index (Phi) is 7.08. The van der Waals surface area contributed by atoms with E-state index in [0.717, 1.165) is 28.1 Å². The molecule has 0 fully saturated rings. The number of fused-ring (bicyclic) bond motifs is 1. The molecule has 3 aromatic rings. The summed E-state index contributed by atoms with van der Waals surface area (Å²) in [4.78, 5) is 36.4. The van der Waals surface area contributed by atoms with Crippen LogP contribution in [0.4, 0.5) is 5.69 Å². The van der Waals surface area contributed by atoms with E-state index < -0.39 is 11.9 Å². The predicted molar refractivity (Wildman–Crippen MR) is 118 cm³/mol. The molecule has 6 nitrogen and oxygen atoms in total. The van der Waals surface area contributed by atoms with Crippen molar-refractivity contribution >= 4 is 46.1 Å². The molecule has 0 heterocycles. The van der Waals surface area contributed by atoms with E-state index in [0.29, 0.717) is 5.69 Å². The number of methoxy groups -OCH3 is 1. The first-order chi connectivity index (χ1) is 14.5. The first-order valence-electron chi connectivity index (χ1n) is 9.22. The number of ether oxygens (including phenoxy) is 2. The molecule has 1 amide bonds. The minimum absolute atomic E-state index is 0.0331. The van der Waals surface area contributed by atoms with Gasteiger partial charge in [-0.25, -0.2) is 4.79 Å². The molecule has 154 valence electrons. The van der Waals surface area contributed by atoms with Crippen LogP contribution in [0.5, 0.6) is 5.75 Å². The molecule has 0 aliphatic rings. The van der Waals surface area contributed by atoms with Crippen LogP contribution in [0.1, 0.15) is 15.9 Å². The summed E-state index contributed by atoms with van der Waals surface area (Å²) in [5.74, 6) is -1.15. The second-order valence-electron chi connectivity index (χ2n) is 6.57. The fourth-order valence-corrected chi connectivity index (χ4v) is 3.46. The number of esters is 2. The van der Waals surface area contributed by atoms with Crippen LogP contribution in [-0.4, -0.2) is 36.5 Å². The highest BCUT2D eigenvalue weighted by atomic mass is 32.2. The highest BCUT2D eigenvalue weighted by Crippen LogP contribution is 2.27. The minimum atomic E-state index is -0.589. The SMILES string of the molecule is COC(=O)c1cc2ccccc2cc1OC(=O)CSCC(=O)Nc1cccc(C)c1. The lowest BCUT2D eigenvalue weighted by Gasteiger charge is -2.11. The summed E-state index contributed by atoms with van der Waals surface area (Å²) < 4.78 is 10.2. The Balaban J connectivity index is 1.59. The molecule has 0 aliphatic heterocycles. The summed E-state index contributed by atoms with van der Waals surface area (Å²) in [6, 6.07) is 18.2. The largest absolute Gasteiger partial charge is 0.465 e. The average Bonchev–Trinajstić information content (AvgIpc) is 2.72. The number of anilines is 1. The quantitative estimate of drug-likeness (QED) is 0.453. The first kappa shape index (κ1) is 21.4. The topological polar surface area (TPSA) is 81.7 Å². The lowest BCUT2D eigenvalue weighted by molar-refractivity contribution is -0.131. The van der Waals surface area contributed by atoms with Crippen molar-refractivity contribution in [2.45, 2.75) is 6.92 Å². The molecule has 0 aliphatic carbocycles. The van der Waals surface area contributed by atoms with E-state index in [-0.39, 0.29) is 28.7 Å². The van der Waals surface area contributed by atoms with Gasteiger partial charge < -0.3 is 14.8 Å². The van der Waals surface area contributed by atoms with Crippen LogP contribution in [-0.2, 0) is 14.3 Å². The molecule has 0 aromatic heterocycles. The highest BCUT2D eigenvalue weighted by molar-refractivity contribution is 8.00. The van der Waals surface area contributed by atoms with Gasteiger partial charge >= 0.3 is 11.9 Å².